The number of hydrogen-bond donors (Lipinski definition) is 2. The summed E-state index contributed by atoms with van der Waals surface area (Å²) in [7, 11) is 0. The quantitative estimate of drug-likeness (QED) is 0.0505. The van der Waals surface area contributed by atoms with Gasteiger partial charge in [0.05, 0.1) is 19.8 Å². The highest BCUT2D eigenvalue weighted by atomic mass is 16.5. The molecule has 0 amide bonds. The van der Waals surface area contributed by atoms with Gasteiger partial charge in [0.1, 0.15) is 0 Å². The number of rotatable bonds is 49. The fraction of sp³-hybridized carbons (Fsp3) is 0.891. The molecule has 5 nitrogen and oxygen atoms in total. The second-order valence-corrected chi connectivity index (χ2v) is 18.6. The van der Waals surface area contributed by atoms with Crippen LogP contribution in [0.25, 0.3) is 0 Å². The Balaban J connectivity index is 2.50. The molecule has 0 saturated carbocycles. The zero-order chi connectivity index (χ0) is 43.2. The van der Waals surface area contributed by atoms with E-state index in [1.54, 1.807) is 12.1 Å². The highest BCUT2D eigenvalue weighted by Gasteiger charge is 2.18. The molecular weight excluding hydrogens is 741 g/mol. The van der Waals surface area contributed by atoms with Crippen LogP contribution in [-0.2, 0) is 0 Å². The predicted octanol–water partition coefficient (Wildman–Crippen LogP) is 18.3. The van der Waals surface area contributed by atoms with E-state index in [1.807, 2.05) is 0 Å². The van der Waals surface area contributed by atoms with Crippen LogP contribution in [0.1, 0.15) is 302 Å². The van der Waals surface area contributed by atoms with Crippen molar-refractivity contribution in [3.63, 3.8) is 0 Å². The van der Waals surface area contributed by atoms with E-state index in [9.17, 15) is 10.2 Å². The lowest BCUT2D eigenvalue weighted by molar-refractivity contribution is -0.0428. The standard InChI is InChI=1S/C55H104O5/c1-4-7-10-13-16-19-22-25-28-31-34-37-40-43-46-58-52-49-51(55(56)57)50-53(59-47-44-41-38-35-32-29-26-23-20-17-14-11-8-5-2)54(52)60-48-45-42-39-36-33-30-27-24-21-18-15-12-9-6-3/h49-50,55-57H,4-48H2,1-3H3. The molecule has 354 valence electrons. The van der Waals surface area contributed by atoms with Crippen molar-refractivity contribution >= 4 is 0 Å². The number of aliphatic hydroxyl groups excluding tert-OH is 1. The Labute approximate surface area is 374 Å². The van der Waals surface area contributed by atoms with Gasteiger partial charge in [-0.3, -0.25) is 0 Å². The van der Waals surface area contributed by atoms with Crippen molar-refractivity contribution in [3.05, 3.63) is 17.7 Å². The number of unbranched alkanes of at least 4 members (excludes halogenated alkanes) is 39. The van der Waals surface area contributed by atoms with Crippen LogP contribution in [0.15, 0.2) is 12.1 Å². The van der Waals surface area contributed by atoms with Crippen molar-refractivity contribution in [2.45, 2.75) is 297 Å². The van der Waals surface area contributed by atoms with Crippen molar-refractivity contribution in [1.82, 2.24) is 0 Å². The average molecular weight is 845 g/mol. The molecule has 0 fully saturated rings. The monoisotopic (exact) mass is 845 g/mol. The second-order valence-electron chi connectivity index (χ2n) is 18.6. The van der Waals surface area contributed by atoms with Gasteiger partial charge in [-0.05, 0) is 31.4 Å². The Bertz CT molecular complexity index is 940. The number of ether oxygens (including phenoxy) is 3. The van der Waals surface area contributed by atoms with Gasteiger partial charge in [-0.25, -0.2) is 0 Å². The average Bonchev–Trinajstić information content (AvgIpc) is 3.25. The van der Waals surface area contributed by atoms with Gasteiger partial charge in [0, 0.05) is 5.56 Å². The van der Waals surface area contributed by atoms with E-state index in [-0.39, 0.29) is 0 Å². The molecule has 1 aromatic carbocycles. The molecule has 0 heterocycles. The highest BCUT2D eigenvalue weighted by Crippen LogP contribution is 2.41. The largest absolute Gasteiger partial charge is 0.490 e. The van der Waals surface area contributed by atoms with Crippen LogP contribution in [0.4, 0.5) is 0 Å². The van der Waals surface area contributed by atoms with Gasteiger partial charge in [-0.2, -0.15) is 0 Å². The molecule has 0 radical (unpaired) electrons. The van der Waals surface area contributed by atoms with E-state index in [0.29, 0.717) is 42.6 Å². The normalized spacial score (nSPS) is 11.6. The first-order valence-corrected chi connectivity index (χ1v) is 27.1. The molecule has 5 heteroatoms. The molecule has 0 aliphatic rings. The van der Waals surface area contributed by atoms with E-state index in [1.165, 1.54) is 231 Å². The molecule has 1 aromatic rings. The van der Waals surface area contributed by atoms with E-state index >= 15 is 0 Å². The maximum absolute atomic E-state index is 10.2. The maximum Gasteiger partial charge on any atom is 0.203 e. The molecule has 0 bridgehead atoms. The summed E-state index contributed by atoms with van der Waals surface area (Å²) >= 11 is 0. The second kappa shape index (κ2) is 45.6. The first-order chi connectivity index (χ1) is 29.6. The van der Waals surface area contributed by atoms with Gasteiger partial charge in [0.15, 0.2) is 17.8 Å². The Hall–Kier alpha value is -1.46. The van der Waals surface area contributed by atoms with Gasteiger partial charge in [0.2, 0.25) is 5.75 Å². The van der Waals surface area contributed by atoms with Crippen LogP contribution >= 0.6 is 0 Å². The highest BCUT2D eigenvalue weighted by molar-refractivity contribution is 5.54. The Morgan fingerprint density at radius 1 is 0.300 bits per heavy atom. The van der Waals surface area contributed by atoms with Gasteiger partial charge in [0.25, 0.3) is 0 Å². The summed E-state index contributed by atoms with van der Waals surface area (Å²) in [5.41, 5.74) is 0.394. The lowest BCUT2D eigenvalue weighted by Gasteiger charge is -2.19. The van der Waals surface area contributed by atoms with Gasteiger partial charge in [-0.1, -0.05) is 271 Å². The number of benzene rings is 1. The van der Waals surface area contributed by atoms with Crippen LogP contribution in [-0.4, -0.2) is 30.0 Å². The summed E-state index contributed by atoms with van der Waals surface area (Å²) in [6.07, 6.45) is 54.1. The Morgan fingerprint density at radius 3 is 0.717 bits per heavy atom. The van der Waals surface area contributed by atoms with Gasteiger partial charge >= 0.3 is 0 Å². The van der Waals surface area contributed by atoms with Crippen molar-refractivity contribution < 1.29 is 24.4 Å². The van der Waals surface area contributed by atoms with E-state index < -0.39 is 6.29 Å². The minimum atomic E-state index is -1.59. The Morgan fingerprint density at radius 2 is 0.500 bits per heavy atom. The fourth-order valence-corrected chi connectivity index (χ4v) is 8.53. The molecule has 0 saturated heterocycles. The van der Waals surface area contributed by atoms with Crippen molar-refractivity contribution in [2.75, 3.05) is 19.8 Å². The lowest BCUT2D eigenvalue weighted by Crippen LogP contribution is -2.08. The number of aliphatic hydroxyl groups is 2. The van der Waals surface area contributed by atoms with Crippen LogP contribution in [0, 0.1) is 0 Å². The third kappa shape index (κ3) is 36.1. The topological polar surface area (TPSA) is 68.2 Å². The summed E-state index contributed by atoms with van der Waals surface area (Å²) in [6.45, 7) is 8.67. The molecule has 0 aliphatic carbocycles. The molecule has 2 N–H and O–H groups in total. The molecule has 0 aromatic heterocycles. The molecule has 0 aliphatic heterocycles. The van der Waals surface area contributed by atoms with Crippen molar-refractivity contribution in [1.29, 1.82) is 0 Å². The van der Waals surface area contributed by atoms with Crippen LogP contribution < -0.4 is 14.2 Å². The van der Waals surface area contributed by atoms with Gasteiger partial charge in [-0.15, -0.1) is 0 Å². The maximum atomic E-state index is 10.2. The first kappa shape index (κ1) is 56.6. The minimum Gasteiger partial charge on any atom is -0.490 e. The lowest BCUT2D eigenvalue weighted by atomic mass is 10.0. The minimum absolute atomic E-state index is 0.394. The number of hydrogen-bond acceptors (Lipinski definition) is 5. The van der Waals surface area contributed by atoms with Crippen LogP contribution in [0.3, 0.4) is 0 Å². The van der Waals surface area contributed by atoms with Crippen LogP contribution in [0.5, 0.6) is 17.2 Å². The zero-order valence-electron chi connectivity index (χ0n) is 40.7. The molecular formula is C55H104O5. The summed E-state index contributed by atoms with van der Waals surface area (Å²) in [6, 6.07) is 3.49. The Kier molecular flexibility index (Phi) is 42.9. The van der Waals surface area contributed by atoms with Gasteiger partial charge < -0.3 is 24.4 Å². The summed E-state index contributed by atoms with van der Waals surface area (Å²) in [4.78, 5) is 0. The van der Waals surface area contributed by atoms with Crippen molar-refractivity contribution in [2.24, 2.45) is 0 Å². The predicted molar refractivity (Wildman–Crippen MR) is 261 cm³/mol. The molecule has 0 unspecified atom stereocenters. The molecule has 60 heavy (non-hydrogen) atoms. The van der Waals surface area contributed by atoms with Crippen LogP contribution in [0.2, 0.25) is 0 Å². The fourth-order valence-electron chi connectivity index (χ4n) is 8.53. The summed E-state index contributed by atoms with van der Waals surface area (Å²) in [5, 5.41) is 20.4. The van der Waals surface area contributed by atoms with E-state index in [0.717, 1.165) is 38.5 Å². The zero-order valence-corrected chi connectivity index (χ0v) is 40.7. The smallest absolute Gasteiger partial charge is 0.203 e. The summed E-state index contributed by atoms with van der Waals surface area (Å²) < 4.78 is 19.2. The first-order valence-electron chi connectivity index (χ1n) is 27.1. The SMILES string of the molecule is CCCCCCCCCCCCCCCCOc1cc(C(O)O)cc(OCCCCCCCCCCCCCCCC)c1OCCCCCCCCCCCCCCCC. The van der Waals surface area contributed by atoms with Crippen molar-refractivity contribution in [3.8, 4) is 17.2 Å². The molecule has 1 rings (SSSR count). The van der Waals surface area contributed by atoms with E-state index in [2.05, 4.69) is 20.8 Å². The molecule has 0 spiro atoms. The third-order valence-electron chi connectivity index (χ3n) is 12.6. The van der Waals surface area contributed by atoms with E-state index in [4.69, 9.17) is 14.2 Å². The molecule has 0 atom stereocenters. The summed E-state index contributed by atoms with van der Waals surface area (Å²) in [5.74, 6) is 1.79. The third-order valence-corrected chi connectivity index (χ3v) is 12.6.